The molecule has 1 aliphatic carbocycles. The molecule has 0 radical (unpaired) electrons. The summed E-state index contributed by atoms with van der Waals surface area (Å²) in [6.45, 7) is 3.49. The number of allylic oxidation sites excluding steroid dienone is 1. The molecule has 1 N–H and O–H groups in total. The Kier molecular flexibility index (Phi) is 2.11. The van der Waals surface area contributed by atoms with E-state index >= 15 is 0 Å². The first-order valence-electron chi connectivity index (χ1n) is 3.66. The summed E-state index contributed by atoms with van der Waals surface area (Å²) in [6.07, 6.45) is 2.74. The molecule has 0 saturated heterocycles. The summed E-state index contributed by atoms with van der Waals surface area (Å²) in [4.78, 5) is 15.4. The lowest BCUT2D eigenvalue weighted by molar-refractivity contribution is -0.303. The van der Waals surface area contributed by atoms with Gasteiger partial charge in [0.2, 0.25) is 0 Å². The highest BCUT2D eigenvalue weighted by Gasteiger charge is 2.40. The van der Waals surface area contributed by atoms with E-state index in [9.17, 15) is 4.79 Å². The van der Waals surface area contributed by atoms with Crippen molar-refractivity contribution in [2.24, 2.45) is 0 Å². The van der Waals surface area contributed by atoms with Crippen molar-refractivity contribution in [1.82, 2.24) is 0 Å². The van der Waals surface area contributed by atoms with Crippen LogP contribution in [0.2, 0.25) is 0 Å². The standard InChI is InChI=1S/C8H12O3/c1-3-6-7(9)4-5-8(6,2)11-10/h3,10H,4-5H2,1-2H3/b6-3+. The third-order valence-corrected chi connectivity index (χ3v) is 2.19. The predicted molar refractivity (Wildman–Crippen MR) is 40.1 cm³/mol. The first-order valence-corrected chi connectivity index (χ1v) is 3.66. The molecule has 1 aliphatic rings. The molecule has 0 spiro atoms. The Bertz CT molecular complexity index is 207. The average Bonchev–Trinajstić information content (AvgIpc) is 2.29. The molecular weight excluding hydrogens is 144 g/mol. The second-order valence-corrected chi connectivity index (χ2v) is 2.95. The second-order valence-electron chi connectivity index (χ2n) is 2.95. The largest absolute Gasteiger partial charge is 0.294 e. The zero-order valence-corrected chi connectivity index (χ0v) is 6.76. The van der Waals surface area contributed by atoms with Gasteiger partial charge < -0.3 is 0 Å². The van der Waals surface area contributed by atoms with Crippen molar-refractivity contribution in [2.45, 2.75) is 32.3 Å². The van der Waals surface area contributed by atoms with Crippen molar-refractivity contribution in [1.29, 1.82) is 0 Å². The minimum absolute atomic E-state index is 0.0732. The smallest absolute Gasteiger partial charge is 0.161 e. The van der Waals surface area contributed by atoms with Crippen LogP contribution in [0.15, 0.2) is 11.6 Å². The summed E-state index contributed by atoms with van der Waals surface area (Å²) >= 11 is 0. The Morgan fingerprint density at radius 2 is 2.36 bits per heavy atom. The quantitative estimate of drug-likeness (QED) is 0.356. The number of rotatable bonds is 1. The maximum Gasteiger partial charge on any atom is 0.161 e. The predicted octanol–water partition coefficient (Wildman–Crippen LogP) is 1.54. The molecule has 0 bridgehead atoms. The molecule has 0 aromatic carbocycles. The van der Waals surface area contributed by atoms with E-state index in [1.807, 2.05) is 0 Å². The third kappa shape index (κ3) is 1.21. The van der Waals surface area contributed by atoms with Crippen molar-refractivity contribution in [3.63, 3.8) is 0 Å². The molecule has 0 aromatic heterocycles. The summed E-state index contributed by atoms with van der Waals surface area (Å²) in [5, 5.41) is 8.55. The van der Waals surface area contributed by atoms with Crippen molar-refractivity contribution in [3.05, 3.63) is 11.6 Å². The fourth-order valence-electron chi connectivity index (χ4n) is 1.48. The summed E-state index contributed by atoms with van der Waals surface area (Å²) in [6, 6.07) is 0. The maximum absolute atomic E-state index is 11.1. The molecular formula is C8H12O3. The van der Waals surface area contributed by atoms with Gasteiger partial charge in [-0.3, -0.25) is 10.1 Å². The Labute approximate surface area is 65.6 Å². The lowest BCUT2D eigenvalue weighted by Crippen LogP contribution is -2.26. The van der Waals surface area contributed by atoms with Crippen LogP contribution in [0.4, 0.5) is 0 Å². The van der Waals surface area contributed by atoms with Crippen LogP contribution in [-0.4, -0.2) is 16.6 Å². The van der Waals surface area contributed by atoms with Gasteiger partial charge in [-0.05, 0) is 20.3 Å². The average molecular weight is 156 g/mol. The molecule has 0 heterocycles. The summed E-state index contributed by atoms with van der Waals surface area (Å²) in [5.41, 5.74) is -0.175. The van der Waals surface area contributed by atoms with E-state index in [1.165, 1.54) is 0 Å². The Hall–Kier alpha value is -0.670. The van der Waals surface area contributed by atoms with Gasteiger partial charge in [0.1, 0.15) is 5.60 Å². The Morgan fingerprint density at radius 3 is 2.73 bits per heavy atom. The van der Waals surface area contributed by atoms with Crippen LogP contribution < -0.4 is 0 Å². The molecule has 11 heavy (non-hydrogen) atoms. The molecule has 0 aliphatic heterocycles. The molecule has 1 rings (SSSR count). The summed E-state index contributed by atoms with van der Waals surface area (Å²) in [5.74, 6) is 0.0732. The van der Waals surface area contributed by atoms with Gasteiger partial charge in [-0.1, -0.05) is 6.08 Å². The van der Waals surface area contributed by atoms with Crippen molar-refractivity contribution in [2.75, 3.05) is 0 Å². The monoisotopic (exact) mass is 156 g/mol. The number of Topliss-reactive ketones (excluding diaryl/α,β-unsaturated/α-hetero) is 1. The van der Waals surface area contributed by atoms with Gasteiger partial charge in [0.05, 0.1) is 0 Å². The van der Waals surface area contributed by atoms with Gasteiger partial charge in [-0.25, -0.2) is 4.89 Å². The Morgan fingerprint density at radius 1 is 1.73 bits per heavy atom. The van der Waals surface area contributed by atoms with Crippen LogP contribution in [0.25, 0.3) is 0 Å². The SMILES string of the molecule is C/C=C1\C(=O)CCC1(C)OO. The maximum atomic E-state index is 11.1. The number of carbonyl (C=O) groups excluding carboxylic acids is 1. The minimum atomic E-state index is -0.758. The van der Waals surface area contributed by atoms with Gasteiger partial charge in [0.15, 0.2) is 5.78 Å². The van der Waals surface area contributed by atoms with E-state index in [1.54, 1.807) is 19.9 Å². The highest BCUT2D eigenvalue weighted by molar-refractivity contribution is 5.99. The minimum Gasteiger partial charge on any atom is -0.294 e. The first kappa shape index (κ1) is 8.43. The van der Waals surface area contributed by atoms with Crippen LogP contribution in [0.5, 0.6) is 0 Å². The van der Waals surface area contributed by atoms with Gasteiger partial charge >= 0.3 is 0 Å². The fourth-order valence-corrected chi connectivity index (χ4v) is 1.48. The molecule has 0 amide bonds. The molecule has 0 aromatic rings. The molecule has 3 heteroatoms. The molecule has 1 atom stereocenters. The van der Waals surface area contributed by atoms with E-state index in [0.717, 1.165) is 0 Å². The molecule has 1 saturated carbocycles. The van der Waals surface area contributed by atoms with E-state index in [0.29, 0.717) is 18.4 Å². The van der Waals surface area contributed by atoms with Crippen molar-refractivity contribution < 1.29 is 14.9 Å². The van der Waals surface area contributed by atoms with E-state index in [-0.39, 0.29) is 5.78 Å². The van der Waals surface area contributed by atoms with Crippen LogP contribution in [0, 0.1) is 0 Å². The van der Waals surface area contributed by atoms with Crippen molar-refractivity contribution >= 4 is 5.78 Å². The number of carbonyl (C=O) groups is 1. The summed E-state index contributed by atoms with van der Waals surface area (Å²) < 4.78 is 0. The highest BCUT2D eigenvalue weighted by atomic mass is 17.1. The first-order chi connectivity index (χ1) is 5.14. The molecule has 3 nitrogen and oxygen atoms in total. The molecule has 1 fully saturated rings. The van der Waals surface area contributed by atoms with E-state index in [2.05, 4.69) is 4.89 Å². The number of hydrogen-bond acceptors (Lipinski definition) is 3. The zero-order chi connectivity index (χ0) is 8.48. The van der Waals surface area contributed by atoms with E-state index in [4.69, 9.17) is 5.26 Å². The van der Waals surface area contributed by atoms with E-state index < -0.39 is 5.60 Å². The zero-order valence-electron chi connectivity index (χ0n) is 6.76. The van der Waals surface area contributed by atoms with Crippen LogP contribution >= 0.6 is 0 Å². The fraction of sp³-hybridized carbons (Fsp3) is 0.625. The second kappa shape index (κ2) is 2.75. The van der Waals surface area contributed by atoms with Gasteiger partial charge in [0, 0.05) is 12.0 Å². The Balaban J connectivity index is 2.94. The van der Waals surface area contributed by atoms with Crippen molar-refractivity contribution in [3.8, 4) is 0 Å². The lowest BCUT2D eigenvalue weighted by Gasteiger charge is -2.19. The molecule has 62 valence electrons. The molecule has 1 unspecified atom stereocenters. The van der Waals surface area contributed by atoms with Gasteiger partial charge in [-0.15, -0.1) is 0 Å². The number of hydrogen-bond donors (Lipinski definition) is 1. The highest BCUT2D eigenvalue weighted by Crippen LogP contribution is 2.34. The van der Waals surface area contributed by atoms with Crippen LogP contribution in [0.1, 0.15) is 26.7 Å². The summed E-state index contributed by atoms with van der Waals surface area (Å²) in [7, 11) is 0. The third-order valence-electron chi connectivity index (χ3n) is 2.19. The topological polar surface area (TPSA) is 46.5 Å². The lowest BCUT2D eigenvalue weighted by atomic mass is 9.99. The normalized spacial score (nSPS) is 35.2. The van der Waals surface area contributed by atoms with Crippen LogP contribution in [0.3, 0.4) is 0 Å². The number of ketones is 1. The van der Waals surface area contributed by atoms with Crippen LogP contribution in [-0.2, 0) is 9.68 Å². The van der Waals surface area contributed by atoms with Gasteiger partial charge in [-0.2, -0.15) is 0 Å². The van der Waals surface area contributed by atoms with Gasteiger partial charge in [0.25, 0.3) is 0 Å².